The lowest BCUT2D eigenvalue weighted by Crippen LogP contribution is -2.11. The number of hydrogen-bond acceptors (Lipinski definition) is 6. The van der Waals surface area contributed by atoms with Crippen LogP contribution in [0, 0.1) is 21.4 Å². The summed E-state index contributed by atoms with van der Waals surface area (Å²) in [4.78, 5) is 22.7. The maximum absolute atomic E-state index is 12.3. The standard InChI is InChI=1S/C18H16ClN3O4/c19-16-6-2-1-5-13(16)12-21-17-8-7-14(22(24)25)11-15(17)18(23)26-10-4-3-9-20/h1-2,5-8,11,21H,3-4,10,12H2. The third kappa shape index (κ3) is 5.19. The number of esters is 1. The molecule has 0 bridgehead atoms. The number of ether oxygens (including phenoxy) is 1. The molecule has 2 rings (SSSR count). The monoisotopic (exact) mass is 373 g/mol. The van der Waals surface area contributed by atoms with Gasteiger partial charge in [-0.25, -0.2) is 4.79 Å². The molecular formula is C18H16ClN3O4. The molecule has 0 heterocycles. The SMILES string of the molecule is N#CCCCOC(=O)c1cc([N+](=O)[O-])ccc1NCc1ccccc1Cl. The molecule has 0 unspecified atom stereocenters. The average Bonchev–Trinajstić information content (AvgIpc) is 2.64. The number of nitro groups is 1. The Hall–Kier alpha value is -3.11. The van der Waals surface area contributed by atoms with Crippen molar-refractivity contribution in [3.63, 3.8) is 0 Å². The minimum absolute atomic E-state index is 0.0585. The number of unbranched alkanes of at least 4 members (excludes halogenated alkanes) is 1. The van der Waals surface area contributed by atoms with Crippen molar-refractivity contribution in [1.82, 2.24) is 0 Å². The Kier molecular flexibility index (Phi) is 6.94. The van der Waals surface area contributed by atoms with Gasteiger partial charge < -0.3 is 10.1 Å². The van der Waals surface area contributed by atoms with Gasteiger partial charge in [0.15, 0.2) is 0 Å². The molecule has 0 atom stereocenters. The van der Waals surface area contributed by atoms with Crippen molar-refractivity contribution in [1.29, 1.82) is 5.26 Å². The van der Waals surface area contributed by atoms with Gasteiger partial charge in [-0.1, -0.05) is 29.8 Å². The molecule has 8 heteroatoms. The van der Waals surface area contributed by atoms with Crippen LogP contribution in [0.1, 0.15) is 28.8 Å². The summed E-state index contributed by atoms with van der Waals surface area (Å²) in [5, 5.41) is 23.1. The van der Waals surface area contributed by atoms with Crippen molar-refractivity contribution < 1.29 is 14.5 Å². The fourth-order valence-electron chi connectivity index (χ4n) is 2.19. The number of halogens is 1. The van der Waals surface area contributed by atoms with Crippen LogP contribution >= 0.6 is 11.6 Å². The quantitative estimate of drug-likeness (QED) is 0.319. The highest BCUT2D eigenvalue weighted by atomic mass is 35.5. The minimum atomic E-state index is -0.687. The van der Waals surface area contributed by atoms with E-state index in [0.717, 1.165) is 5.56 Å². The molecule has 0 fully saturated rings. The molecule has 2 aromatic rings. The molecule has 0 aliphatic rings. The summed E-state index contributed by atoms with van der Waals surface area (Å²) in [5.41, 5.74) is 1.07. The molecule has 0 amide bonds. The van der Waals surface area contributed by atoms with Crippen LogP contribution in [0.4, 0.5) is 11.4 Å². The van der Waals surface area contributed by atoms with E-state index in [1.165, 1.54) is 18.2 Å². The van der Waals surface area contributed by atoms with Gasteiger partial charge in [0.2, 0.25) is 0 Å². The van der Waals surface area contributed by atoms with Crippen LogP contribution < -0.4 is 5.32 Å². The number of benzene rings is 2. The van der Waals surface area contributed by atoms with Crippen LogP contribution in [0.2, 0.25) is 5.02 Å². The molecule has 0 aliphatic carbocycles. The summed E-state index contributed by atoms with van der Waals surface area (Å²) in [6, 6.07) is 13.1. The van der Waals surface area contributed by atoms with Crippen molar-refractivity contribution in [2.75, 3.05) is 11.9 Å². The molecule has 0 radical (unpaired) electrons. The number of nitrogens with one attached hydrogen (secondary N) is 1. The lowest BCUT2D eigenvalue weighted by atomic mass is 10.1. The van der Waals surface area contributed by atoms with E-state index in [9.17, 15) is 14.9 Å². The molecule has 0 saturated heterocycles. The minimum Gasteiger partial charge on any atom is -0.462 e. The maximum atomic E-state index is 12.3. The maximum Gasteiger partial charge on any atom is 0.340 e. The summed E-state index contributed by atoms with van der Waals surface area (Å²) in [6.07, 6.45) is 0.666. The Labute approximate surface area is 155 Å². The fraction of sp³-hybridized carbons (Fsp3) is 0.222. The zero-order chi connectivity index (χ0) is 18.9. The van der Waals surface area contributed by atoms with E-state index in [-0.39, 0.29) is 24.3 Å². The van der Waals surface area contributed by atoms with Crippen molar-refractivity contribution in [2.24, 2.45) is 0 Å². The number of nitriles is 1. The Morgan fingerprint density at radius 2 is 2.08 bits per heavy atom. The van der Waals surface area contributed by atoms with Gasteiger partial charge in [0.05, 0.1) is 23.2 Å². The first-order chi connectivity index (χ1) is 12.5. The Morgan fingerprint density at radius 1 is 1.31 bits per heavy atom. The van der Waals surface area contributed by atoms with Crippen molar-refractivity contribution in [3.05, 3.63) is 68.7 Å². The van der Waals surface area contributed by atoms with E-state index < -0.39 is 10.9 Å². The van der Waals surface area contributed by atoms with Gasteiger partial charge in [-0.3, -0.25) is 10.1 Å². The first-order valence-electron chi connectivity index (χ1n) is 7.82. The molecule has 2 aromatic carbocycles. The number of non-ortho nitro benzene ring substituents is 1. The van der Waals surface area contributed by atoms with E-state index in [4.69, 9.17) is 21.6 Å². The van der Waals surface area contributed by atoms with Gasteiger partial charge in [-0.2, -0.15) is 5.26 Å². The van der Waals surface area contributed by atoms with E-state index >= 15 is 0 Å². The van der Waals surface area contributed by atoms with E-state index in [1.807, 2.05) is 24.3 Å². The van der Waals surface area contributed by atoms with Gasteiger partial charge in [-0.05, 0) is 24.1 Å². The average molecular weight is 374 g/mol. The van der Waals surface area contributed by atoms with Crippen LogP contribution in [0.15, 0.2) is 42.5 Å². The number of anilines is 1. The van der Waals surface area contributed by atoms with Crippen LogP contribution in [-0.4, -0.2) is 17.5 Å². The second kappa shape index (κ2) is 9.39. The molecule has 134 valence electrons. The second-order valence-electron chi connectivity index (χ2n) is 5.33. The first-order valence-corrected chi connectivity index (χ1v) is 8.20. The fourth-order valence-corrected chi connectivity index (χ4v) is 2.40. The number of hydrogen-bond donors (Lipinski definition) is 1. The molecule has 7 nitrogen and oxygen atoms in total. The number of carbonyl (C=O) groups is 1. The Balaban J connectivity index is 2.18. The topological polar surface area (TPSA) is 105 Å². The largest absolute Gasteiger partial charge is 0.462 e. The summed E-state index contributed by atoms with van der Waals surface area (Å²) in [7, 11) is 0. The summed E-state index contributed by atoms with van der Waals surface area (Å²) < 4.78 is 5.10. The first kappa shape index (κ1) is 19.2. The smallest absolute Gasteiger partial charge is 0.340 e. The van der Waals surface area contributed by atoms with Gasteiger partial charge >= 0.3 is 5.97 Å². The lowest BCUT2D eigenvalue weighted by molar-refractivity contribution is -0.384. The van der Waals surface area contributed by atoms with Gasteiger partial charge in [0, 0.05) is 35.8 Å². The predicted molar refractivity (Wildman–Crippen MR) is 97.0 cm³/mol. The highest BCUT2D eigenvalue weighted by molar-refractivity contribution is 6.31. The van der Waals surface area contributed by atoms with Crippen molar-refractivity contribution >= 4 is 28.9 Å². The van der Waals surface area contributed by atoms with Crippen LogP contribution in [0.25, 0.3) is 0 Å². The van der Waals surface area contributed by atoms with Crippen molar-refractivity contribution in [2.45, 2.75) is 19.4 Å². The summed E-state index contributed by atoms with van der Waals surface area (Å²) in [5.74, 6) is -0.687. The molecule has 0 aliphatic heterocycles. The van der Waals surface area contributed by atoms with Crippen LogP contribution in [0.3, 0.4) is 0 Å². The third-order valence-electron chi connectivity index (χ3n) is 3.53. The molecule has 0 saturated carbocycles. The zero-order valence-electron chi connectivity index (χ0n) is 13.8. The predicted octanol–water partition coefficient (Wildman–Crippen LogP) is 4.32. The van der Waals surface area contributed by atoms with Crippen molar-refractivity contribution in [3.8, 4) is 6.07 Å². The third-order valence-corrected chi connectivity index (χ3v) is 3.90. The zero-order valence-corrected chi connectivity index (χ0v) is 14.5. The van der Waals surface area contributed by atoms with Crippen LogP contribution in [-0.2, 0) is 11.3 Å². The summed E-state index contributed by atoms with van der Waals surface area (Å²) in [6.45, 7) is 0.408. The molecular weight excluding hydrogens is 358 g/mol. The highest BCUT2D eigenvalue weighted by Gasteiger charge is 2.18. The van der Waals surface area contributed by atoms with E-state index in [0.29, 0.717) is 23.7 Å². The van der Waals surface area contributed by atoms with Gasteiger partial charge in [0.1, 0.15) is 0 Å². The number of rotatable bonds is 8. The van der Waals surface area contributed by atoms with Gasteiger partial charge in [-0.15, -0.1) is 0 Å². The van der Waals surface area contributed by atoms with E-state index in [2.05, 4.69) is 5.32 Å². The number of nitrogens with zero attached hydrogens (tertiary/aromatic N) is 2. The highest BCUT2D eigenvalue weighted by Crippen LogP contribution is 2.25. The number of carbonyl (C=O) groups excluding carboxylic acids is 1. The second-order valence-corrected chi connectivity index (χ2v) is 5.74. The normalized spacial score (nSPS) is 10.0. The molecule has 26 heavy (non-hydrogen) atoms. The lowest BCUT2D eigenvalue weighted by Gasteiger charge is -2.12. The summed E-state index contributed by atoms with van der Waals surface area (Å²) >= 11 is 6.11. The molecule has 1 N–H and O–H groups in total. The van der Waals surface area contributed by atoms with Crippen LogP contribution in [0.5, 0.6) is 0 Å². The number of nitro benzene ring substituents is 1. The Bertz CT molecular complexity index is 849. The molecule has 0 aromatic heterocycles. The van der Waals surface area contributed by atoms with E-state index in [1.54, 1.807) is 6.07 Å². The van der Waals surface area contributed by atoms with Gasteiger partial charge in [0.25, 0.3) is 5.69 Å². The molecule has 0 spiro atoms. The Morgan fingerprint density at radius 3 is 2.77 bits per heavy atom.